The van der Waals surface area contributed by atoms with Crippen LogP contribution in [-0.2, 0) is 0 Å². The van der Waals surface area contributed by atoms with Gasteiger partial charge >= 0.3 is 0 Å². The quantitative estimate of drug-likeness (QED) is 0.806. The van der Waals surface area contributed by atoms with E-state index in [1.165, 1.54) is 32.1 Å². The number of quaternary nitrogens is 1. The fourth-order valence-corrected chi connectivity index (χ4v) is 3.39. The van der Waals surface area contributed by atoms with Crippen LogP contribution in [0.3, 0.4) is 0 Å². The van der Waals surface area contributed by atoms with Crippen molar-refractivity contribution in [3.05, 3.63) is 30.3 Å². The third kappa shape index (κ3) is 5.33. The Labute approximate surface area is 128 Å². The summed E-state index contributed by atoms with van der Waals surface area (Å²) in [7, 11) is 0. The van der Waals surface area contributed by atoms with Gasteiger partial charge in [-0.05, 0) is 51.7 Å². The van der Waals surface area contributed by atoms with Crippen LogP contribution in [0.4, 0.5) is 0 Å². The van der Waals surface area contributed by atoms with Crippen molar-refractivity contribution in [1.82, 2.24) is 0 Å². The van der Waals surface area contributed by atoms with E-state index in [1.54, 1.807) is 4.90 Å². The van der Waals surface area contributed by atoms with E-state index in [9.17, 15) is 5.11 Å². The highest BCUT2D eigenvalue weighted by Gasteiger charge is 2.28. The van der Waals surface area contributed by atoms with Crippen LogP contribution in [0.5, 0.6) is 5.75 Å². The summed E-state index contributed by atoms with van der Waals surface area (Å²) in [6, 6.07) is 11.0. The van der Waals surface area contributed by atoms with E-state index in [0.717, 1.165) is 12.3 Å². The smallest absolute Gasteiger partial charge is 0.137 e. The second-order valence-corrected chi connectivity index (χ2v) is 6.55. The van der Waals surface area contributed by atoms with Gasteiger partial charge in [0.15, 0.2) is 0 Å². The summed E-state index contributed by atoms with van der Waals surface area (Å²) in [5.41, 5.74) is 0. The van der Waals surface area contributed by atoms with E-state index in [4.69, 9.17) is 4.74 Å². The van der Waals surface area contributed by atoms with Crippen molar-refractivity contribution >= 4 is 0 Å². The lowest BCUT2D eigenvalue weighted by molar-refractivity contribution is -0.950. The number of benzene rings is 1. The molecule has 3 nitrogen and oxygen atoms in total. The molecule has 1 aliphatic carbocycles. The monoisotopic (exact) mass is 292 g/mol. The Hall–Kier alpha value is -1.06. The Morgan fingerprint density at radius 1 is 1.14 bits per heavy atom. The molecule has 0 amide bonds. The van der Waals surface area contributed by atoms with Gasteiger partial charge in [-0.2, -0.15) is 0 Å². The number of hydrogen-bond acceptors (Lipinski definition) is 2. The summed E-state index contributed by atoms with van der Waals surface area (Å²) in [6.45, 7) is 5.69. The van der Waals surface area contributed by atoms with Gasteiger partial charge < -0.3 is 14.7 Å². The number of aliphatic hydroxyl groups is 1. The molecule has 0 spiro atoms. The van der Waals surface area contributed by atoms with Crippen molar-refractivity contribution in [3.8, 4) is 5.75 Å². The van der Waals surface area contributed by atoms with Crippen molar-refractivity contribution in [2.75, 3.05) is 13.2 Å². The maximum absolute atomic E-state index is 10.3. The van der Waals surface area contributed by atoms with Crippen LogP contribution < -0.4 is 9.64 Å². The van der Waals surface area contributed by atoms with Crippen LogP contribution in [0.25, 0.3) is 0 Å². The highest BCUT2D eigenvalue weighted by Crippen LogP contribution is 2.16. The largest absolute Gasteiger partial charge is 0.491 e. The number of hydrogen-bond donors (Lipinski definition) is 2. The number of rotatable bonds is 7. The maximum atomic E-state index is 10.3. The van der Waals surface area contributed by atoms with Crippen molar-refractivity contribution in [1.29, 1.82) is 0 Å². The van der Waals surface area contributed by atoms with E-state index < -0.39 is 6.10 Å². The van der Waals surface area contributed by atoms with Gasteiger partial charge in [-0.25, -0.2) is 0 Å². The first kappa shape index (κ1) is 16.3. The van der Waals surface area contributed by atoms with Crippen LogP contribution in [0, 0.1) is 0 Å². The minimum absolute atomic E-state index is 0.382. The Balaban J connectivity index is 1.81. The number of aliphatic hydroxyl groups excluding tert-OH is 1. The van der Waals surface area contributed by atoms with Crippen LogP contribution in [0.1, 0.15) is 46.0 Å². The second kappa shape index (κ2) is 8.40. The standard InChI is InChI=1S/C18H29NO2/c1-15(2)19(16-9-5-3-6-10-16)13-17(20)14-21-18-11-7-4-8-12-18/h4,7-8,11-12,15-17,20H,3,5-6,9-10,13-14H2,1-2H3/p+1/t17-/m0/s1. The zero-order valence-corrected chi connectivity index (χ0v) is 13.4. The van der Waals surface area contributed by atoms with Gasteiger partial charge in [0.2, 0.25) is 0 Å². The highest BCUT2D eigenvalue weighted by atomic mass is 16.5. The van der Waals surface area contributed by atoms with Gasteiger partial charge in [-0.1, -0.05) is 24.6 Å². The molecule has 2 atom stereocenters. The van der Waals surface area contributed by atoms with Gasteiger partial charge in [0, 0.05) is 0 Å². The second-order valence-electron chi connectivity index (χ2n) is 6.55. The lowest BCUT2D eigenvalue weighted by Crippen LogP contribution is -3.19. The third-order valence-corrected chi connectivity index (χ3v) is 4.53. The number of ether oxygens (including phenoxy) is 1. The fourth-order valence-electron chi connectivity index (χ4n) is 3.39. The first-order valence-corrected chi connectivity index (χ1v) is 8.38. The average Bonchev–Trinajstić information content (AvgIpc) is 2.52. The van der Waals surface area contributed by atoms with Crippen LogP contribution in [0.2, 0.25) is 0 Å². The predicted molar refractivity (Wildman–Crippen MR) is 85.8 cm³/mol. The number of para-hydroxylation sites is 1. The molecular weight excluding hydrogens is 262 g/mol. The molecule has 118 valence electrons. The van der Waals surface area contributed by atoms with Gasteiger partial charge in [0.05, 0.1) is 12.1 Å². The SMILES string of the molecule is CC(C)[NH+](C[C@H](O)COc1ccccc1)C1CCCCC1. The summed E-state index contributed by atoms with van der Waals surface area (Å²) >= 11 is 0. The van der Waals surface area contributed by atoms with Gasteiger partial charge in [-0.3, -0.25) is 0 Å². The lowest BCUT2D eigenvalue weighted by atomic mass is 9.93. The Bertz CT molecular complexity index is 387. The van der Waals surface area contributed by atoms with E-state index in [-0.39, 0.29) is 0 Å². The van der Waals surface area contributed by atoms with E-state index in [2.05, 4.69) is 13.8 Å². The van der Waals surface area contributed by atoms with E-state index in [0.29, 0.717) is 18.7 Å². The Morgan fingerprint density at radius 2 is 1.81 bits per heavy atom. The summed E-state index contributed by atoms with van der Waals surface area (Å²) in [6.07, 6.45) is 6.28. The molecule has 0 radical (unpaired) electrons. The van der Waals surface area contributed by atoms with Crippen LogP contribution >= 0.6 is 0 Å². The summed E-state index contributed by atoms with van der Waals surface area (Å²) in [4.78, 5) is 1.54. The molecule has 2 N–H and O–H groups in total. The third-order valence-electron chi connectivity index (χ3n) is 4.53. The summed E-state index contributed by atoms with van der Waals surface area (Å²) in [5.74, 6) is 0.834. The van der Waals surface area contributed by atoms with Crippen molar-refractivity contribution in [2.45, 2.75) is 64.1 Å². The molecule has 0 saturated heterocycles. The molecule has 1 aromatic carbocycles. The molecule has 0 aliphatic heterocycles. The van der Waals surface area contributed by atoms with Crippen molar-refractivity contribution in [3.63, 3.8) is 0 Å². The molecule has 0 aromatic heterocycles. The molecule has 1 saturated carbocycles. The zero-order valence-electron chi connectivity index (χ0n) is 13.4. The van der Waals surface area contributed by atoms with Crippen LogP contribution in [-0.4, -0.2) is 36.4 Å². The topological polar surface area (TPSA) is 33.9 Å². The van der Waals surface area contributed by atoms with Gasteiger partial charge in [0.1, 0.15) is 25.0 Å². The molecule has 0 bridgehead atoms. The van der Waals surface area contributed by atoms with Gasteiger partial charge in [0.25, 0.3) is 0 Å². The number of nitrogens with one attached hydrogen (secondary N) is 1. The molecule has 1 aromatic rings. The minimum atomic E-state index is -0.399. The molecule has 3 heteroatoms. The van der Waals surface area contributed by atoms with E-state index in [1.807, 2.05) is 30.3 Å². The first-order valence-electron chi connectivity index (χ1n) is 8.38. The molecule has 0 heterocycles. The predicted octanol–water partition coefficient (Wildman–Crippen LogP) is 2.05. The Morgan fingerprint density at radius 3 is 2.43 bits per heavy atom. The van der Waals surface area contributed by atoms with Gasteiger partial charge in [-0.15, -0.1) is 0 Å². The highest BCUT2D eigenvalue weighted by molar-refractivity contribution is 5.20. The maximum Gasteiger partial charge on any atom is 0.137 e. The minimum Gasteiger partial charge on any atom is -0.491 e. The first-order chi connectivity index (χ1) is 10.2. The molecule has 1 aliphatic rings. The molecule has 1 fully saturated rings. The molecule has 1 unspecified atom stereocenters. The van der Waals surface area contributed by atoms with Crippen molar-refractivity contribution in [2.24, 2.45) is 0 Å². The fraction of sp³-hybridized carbons (Fsp3) is 0.667. The lowest BCUT2D eigenvalue weighted by Gasteiger charge is -2.35. The van der Waals surface area contributed by atoms with E-state index >= 15 is 0 Å². The molecular formula is C18H30NO2+. The summed E-state index contributed by atoms with van der Waals surface area (Å²) in [5, 5.41) is 10.3. The van der Waals surface area contributed by atoms with Crippen LogP contribution in [0.15, 0.2) is 30.3 Å². The van der Waals surface area contributed by atoms with Crippen molar-refractivity contribution < 1.29 is 14.7 Å². The normalized spacial score (nSPS) is 19.4. The zero-order chi connectivity index (χ0) is 15.1. The molecule has 2 rings (SSSR count). The summed E-state index contributed by atoms with van der Waals surface area (Å²) < 4.78 is 5.67. The Kier molecular flexibility index (Phi) is 6.52. The average molecular weight is 292 g/mol. The molecule has 21 heavy (non-hydrogen) atoms.